The van der Waals surface area contributed by atoms with E-state index in [9.17, 15) is 9.59 Å². The second-order valence-electron chi connectivity index (χ2n) is 7.48. The van der Waals surface area contributed by atoms with E-state index in [0.29, 0.717) is 42.5 Å². The monoisotopic (exact) mass is 413 g/mol. The molecule has 3 heterocycles. The van der Waals surface area contributed by atoms with Crippen LogP contribution in [-0.4, -0.2) is 61.1 Å². The summed E-state index contributed by atoms with van der Waals surface area (Å²) in [4.78, 5) is 35.0. The molecule has 0 bridgehead atoms. The van der Waals surface area contributed by atoms with Gasteiger partial charge < -0.3 is 15.1 Å². The maximum absolute atomic E-state index is 13.0. The largest absolute Gasteiger partial charge is 0.353 e. The predicted molar refractivity (Wildman–Crippen MR) is 114 cm³/mol. The minimum absolute atomic E-state index is 0.0827. The summed E-state index contributed by atoms with van der Waals surface area (Å²) >= 11 is 6.40. The molecule has 0 aliphatic carbocycles. The van der Waals surface area contributed by atoms with Crippen molar-refractivity contribution in [3.05, 3.63) is 52.2 Å². The Bertz CT molecular complexity index is 956. The third-order valence-electron chi connectivity index (χ3n) is 5.41. The first-order valence-electron chi connectivity index (χ1n) is 9.76. The SMILES string of the molecule is Cc1cnc(N2CCN(C(=O)c3ccc(N4CCNC4=O)cc3Cl)CC2)c(C)c1. The van der Waals surface area contributed by atoms with Gasteiger partial charge in [0.1, 0.15) is 5.82 Å². The van der Waals surface area contributed by atoms with Gasteiger partial charge in [0.2, 0.25) is 0 Å². The predicted octanol–water partition coefficient (Wildman–Crippen LogP) is 2.84. The van der Waals surface area contributed by atoms with E-state index in [0.717, 1.165) is 30.0 Å². The van der Waals surface area contributed by atoms with Crippen LogP contribution >= 0.6 is 11.6 Å². The number of rotatable bonds is 3. The Labute approximate surface area is 175 Å². The number of anilines is 2. The number of pyridine rings is 1. The van der Waals surface area contributed by atoms with Crippen LogP contribution in [0.4, 0.5) is 16.3 Å². The zero-order valence-electron chi connectivity index (χ0n) is 16.6. The van der Waals surface area contributed by atoms with Crippen molar-refractivity contribution in [3.8, 4) is 0 Å². The maximum Gasteiger partial charge on any atom is 0.321 e. The van der Waals surface area contributed by atoms with E-state index < -0.39 is 0 Å². The van der Waals surface area contributed by atoms with Crippen LogP contribution in [0.15, 0.2) is 30.5 Å². The number of hydrogen-bond acceptors (Lipinski definition) is 4. The average molecular weight is 414 g/mol. The van der Waals surface area contributed by atoms with Crippen LogP contribution in [0.5, 0.6) is 0 Å². The molecule has 3 amide bonds. The third-order valence-corrected chi connectivity index (χ3v) is 5.72. The van der Waals surface area contributed by atoms with Gasteiger partial charge in [-0.1, -0.05) is 17.7 Å². The Balaban J connectivity index is 1.43. The van der Waals surface area contributed by atoms with Crippen molar-refractivity contribution in [2.45, 2.75) is 13.8 Å². The second kappa shape index (κ2) is 7.91. The van der Waals surface area contributed by atoms with Crippen molar-refractivity contribution in [3.63, 3.8) is 0 Å². The zero-order chi connectivity index (χ0) is 20.5. The van der Waals surface area contributed by atoms with Crippen LogP contribution in [-0.2, 0) is 0 Å². The maximum atomic E-state index is 13.0. The molecule has 2 aliphatic heterocycles. The van der Waals surface area contributed by atoms with E-state index in [-0.39, 0.29) is 11.9 Å². The van der Waals surface area contributed by atoms with Gasteiger partial charge in [-0.25, -0.2) is 9.78 Å². The van der Waals surface area contributed by atoms with Crippen LogP contribution < -0.4 is 15.1 Å². The Morgan fingerprint density at radius 2 is 1.86 bits per heavy atom. The molecule has 29 heavy (non-hydrogen) atoms. The Morgan fingerprint density at radius 3 is 2.48 bits per heavy atom. The summed E-state index contributed by atoms with van der Waals surface area (Å²) < 4.78 is 0. The van der Waals surface area contributed by atoms with Crippen LogP contribution in [0.25, 0.3) is 0 Å². The summed E-state index contributed by atoms with van der Waals surface area (Å²) in [6.45, 7) is 7.98. The summed E-state index contributed by atoms with van der Waals surface area (Å²) in [5.74, 6) is 0.898. The van der Waals surface area contributed by atoms with E-state index >= 15 is 0 Å². The third kappa shape index (κ3) is 3.87. The Kier molecular flexibility index (Phi) is 5.32. The molecular weight excluding hydrogens is 390 g/mol. The number of urea groups is 1. The zero-order valence-corrected chi connectivity index (χ0v) is 17.4. The molecule has 4 rings (SSSR count). The molecule has 7 nitrogen and oxygen atoms in total. The number of carbonyl (C=O) groups is 2. The van der Waals surface area contributed by atoms with Gasteiger partial charge in [-0.05, 0) is 43.2 Å². The number of carbonyl (C=O) groups excluding carboxylic acids is 2. The van der Waals surface area contributed by atoms with Crippen LogP contribution in [0.2, 0.25) is 5.02 Å². The summed E-state index contributed by atoms with van der Waals surface area (Å²) in [6.07, 6.45) is 1.88. The number of aryl methyl sites for hydroxylation is 2. The molecule has 0 spiro atoms. The molecule has 1 aromatic heterocycles. The number of nitrogens with zero attached hydrogens (tertiary/aromatic N) is 4. The van der Waals surface area contributed by atoms with E-state index in [2.05, 4.69) is 28.2 Å². The number of amides is 3. The van der Waals surface area contributed by atoms with Gasteiger partial charge in [0.15, 0.2) is 0 Å². The standard InChI is InChI=1S/C21H24ClN5O2/c1-14-11-15(2)19(24-13-14)25-7-9-26(10-8-25)20(28)17-4-3-16(12-18(17)22)27-6-5-23-21(27)29/h3-4,11-13H,5-10H2,1-2H3,(H,23,29). The van der Waals surface area contributed by atoms with Crippen molar-refractivity contribution < 1.29 is 9.59 Å². The molecule has 0 atom stereocenters. The van der Waals surface area contributed by atoms with Gasteiger partial charge in [0, 0.05) is 51.2 Å². The lowest BCUT2D eigenvalue weighted by Crippen LogP contribution is -2.49. The molecule has 2 aliphatic rings. The quantitative estimate of drug-likeness (QED) is 0.840. The molecule has 2 fully saturated rings. The molecule has 152 valence electrons. The summed E-state index contributed by atoms with van der Waals surface area (Å²) in [6, 6.07) is 7.16. The Hall–Kier alpha value is -2.80. The summed E-state index contributed by atoms with van der Waals surface area (Å²) in [5, 5.41) is 3.13. The number of nitrogens with one attached hydrogen (secondary N) is 1. The number of halogens is 1. The highest BCUT2D eigenvalue weighted by molar-refractivity contribution is 6.34. The first kappa shape index (κ1) is 19.5. The lowest BCUT2D eigenvalue weighted by atomic mass is 10.1. The smallest absolute Gasteiger partial charge is 0.321 e. The minimum atomic E-state index is -0.142. The van der Waals surface area contributed by atoms with Gasteiger partial charge in [-0.2, -0.15) is 0 Å². The highest BCUT2D eigenvalue weighted by Gasteiger charge is 2.26. The van der Waals surface area contributed by atoms with Gasteiger partial charge in [0.05, 0.1) is 10.6 Å². The number of piperazine rings is 1. The fraction of sp³-hybridized carbons (Fsp3) is 0.381. The van der Waals surface area contributed by atoms with Crippen molar-refractivity contribution in [1.29, 1.82) is 0 Å². The van der Waals surface area contributed by atoms with Gasteiger partial charge in [0.25, 0.3) is 5.91 Å². The molecule has 0 radical (unpaired) electrons. The summed E-state index contributed by atoms with van der Waals surface area (Å²) in [5.41, 5.74) is 3.46. The molecule has 8 heteroatoms. The topological polar surface area (TPSA) is 68.8 Å². The van der Waals surface area contributed by atoms with E-state index in [1.165, 1.54) is 0 Å². The lowest BCUT2D eigenvalue weighted by Gasteiger charge is -2.36. The second-order valence-corrected chi connectivity index (χ2v) is 7.89. The highest BCUT2D eigenvalue weighted by Crippen LogP contribution is 2.27. The highest BCUT2D eigenvalue weighted by atomic mass is 35.5. The summed E-state index contributed by atoms with van der Waals surface area (Å²) in [7, 11) is 0. The molecule has 2 saturated heterocycles. The number of aromatic nitrogens is 1. The number of hydrogen-bond donors (Lipinski definition) is 1. The molecule has 0 unspecified atom stereocenters. The van der Waals surface area contributed by atoms with Gasteiger partial charge in [-0.3, -0.25) is 9.69 Å². The molecule has 1 N–H and O–H groups in total. The minimum Gasteiger partial charge on any atom is -0.353 e. The first-order valence-corrected chi connectivity index (χ1v) is 10.1. The van der Waals surface area contributed by atoms with Crippen molar-refractivity contribution in [2.24, 2.45) is 0 Å². The van der Waals surface area contributed by atoms with E-state index in [1.807, 2.05) is 18.0 Å². The molecule has 1 aromatic carbocycles. The fourth-order valence-corrected chi connectivity index (χ4v) is 4.15. The molecule has 0 saturated carbocycles. The van der Waals surface area contributed by atoms with Crippen LogP contribution in [0, 0.1) is 13.8 Å². The van der Waals surface area contributed by atoms with Crippen LogP contribution in [0.3, 0.4) is 0 Å². The normalized spacial score (nSPS) is 16.9. The van der Waals surface area contributed by atoms with E-state index in [4.69, 9.17) is 11.6 Å². The van der Waals surface area contributed by atoms with Crippen molar-refractivity contribution >= 4 is 35.0 Å². The van der Waals surface area contributed by atoms with Crippen molar-refractivity contribution in [1.82, 2.24) is 15.2 Å². The molecule has 2 aromatic rings. The number of benzene rings is 1. The van der Waals surface area contributed by atoms with Gasteiger partial charge in [-0.15, -0.1) is 0 Å². The average Bonchev–Trinajstić information content (AvgIpc) is 3.13. The molecular formula is C21H24ClN5O2. The first-order chi connectivity index (χ1) is 13.9. The van der Waals surface area contributed by atoms with Crippen molar-refractivity contribution in [2.75, 3.05) is 49.1 Å². The van der Waals surface area contributed by atoms with Gasteiger partial charge >= 0.3 is 6.03 Å². The van der Waals surface area contributed by atoms with Crippen LogP contribution in [0.1, 0.15) is 21.5 Å². The fourth-order valence-electron chi connectivity index (χ4n) is 3.89. The Morgan fingerprint density at radius 1 is 1.10 bits per heavy atom. The van der Waals surface area contributed by atoms with E-state index in [1.54, 1.807) is 23.1 Å². The lowest BCUT2D eigenvalue weighted by molar-refractivity contribution is 0.0746.